The lowest BCUT2D eigenvalue weighted by molar-refractivity contribution is 0.0730. The van der Waals surface area contributed by atoms with Crippen LogP contribution in [-0.4, -0.2) is 54.7 Å². The molecule has 0 radical (unpaired) electrons. The molecular formula is C22H22N4O4S2. The molecule has 2 aliphatic rings. The number of aromatic nitrogens is 2. The van der Waals surface area contributed by atoms with Crippen LogP contribution in [0.1, 0.15) is 21.6 Å². The smallest absolute Gasteiger partial charge is 0.256 e. The molecule has 0 saturated carbocycles. The topological polar surface area (TPSA) is 93.5 Å². The van der Waals surface area contributed by atoms with Gasteiger partial charge in [-0.2, -0.15) is 21.2 Å². The maximum absolute atomic E-state index is 13.0. The molecule has 0 aliphatic carbocycles. The van der Waals surface area contributed by atoms with E-state index < -0.39 is 10.0 Å². The summed E-state index contributed by atoms with van der Waals surface area (Å²) >= 11 is 1.76. The van der Waals surface area contributed by atoms with Crippen molar-refractivity contribution in [3.63, 3.8) is 0 Å². The third-order valence-electron chi connectivity index (χ3n) is 5.51. The number of fused-ring (bicyclic) bond motifs is 1. The molecule has 3 aromatic rings. The second-order valence-electron chi connectivity index (χ2n) is 7.51. The highest BCUT2D eigenvalue weighted by Gasteiger charge is 2.27. The van der Waals surface area contributed by atoms with Crippen LogP contribution in [0.4, 0.5) is 5.82 Å². The Balaban J connectivity index is 1.39. The minimum atomic E-state index is -3.60. The Hall–Kier alpha value is -2.66. The van der Waals surface area contributed by atoms with Crippen LogP contribution >= 0.6 is 11.8 Å². The van der Waals surface area contributed by atoms with Gasteiger partial charge in [0.05, 0.1) is 29.5 Å². The van der Waals surface area contributed by atoms with Crippen molar-refractivity contribution >= 4 is 33.5 Å². The summed E-state index contributed by atoms with van der Waals surface area (Å²) in [6.45, 7) is 1.43. The second kappa shape index (κ2) is 8.70. The first-order valence-corrected chi connectivity index (χ1v) is 12.9. The molecule has 0 atom stereocenters. The van der Waals surface area contributed by atoms with Gasteiger partial charge in [-0.05, 0) is 36.4 Å². The molecule has 32 heavy (non-hydrogen) atoms. The van der Waals surface area contributed by atoms with E-state index in [1.807, 2.05) is 30.3 Å². The molecular weight excluding hydrogens is 448 g/mol. The van der Waals surface area contributed by atoms with Gasteiger partial charge in [-0.25, -0.2) is 13.1 Å². The number of thioether (sulfide) groups is 1. The van der Waals surface area contributed by atoms with Crippen molar-refractivity contribution in [1.29, 1.82) is 0 Å². The Kier molecular flexibility index (Phi) is 5.76. The minimum absolute atomic E-state index is 0.169. The van der Waals surface area contributed by atoms with Crippen LogP contribution in [0.5, 0.6) is 0 Å². The van der Waals surface area contributed by atoms with Gasteiger partial charge in [-0.3, -0.25) is 4.79 Å². The Morgan fingerprint density at radius 1 is 1.00 bits per heavy atom. The number of morpholine rings is 1. The SMILES string of the molecule is O=C(Nc1c2c(nn1-c1ccccc1)CSC2)c1ccc(S(=O)(=O)N2CCOCC2)cc1. The number of nitrogens with zero attached hydrogens (tertiary/aromatic N) is 3. The average molecular weight is 471 g/mol. The van der Waals surface area contributed by atoms with Gasteiger partial charge in [0.25, 0.3) is 5.91 Å². The van der Waals surface area contributed by atoms with E-state index >= 15 is 0 Å². The second-order valence-corrected chi connectivity index (χ2v) is 10.4. The van der Waals surface area contributed by atoms with Gasteiger partial charge >= 0.3 is 0 Å². The van der Waals surface area contributed by atoms with Crippen LogP contribution < -0.4 is 5.32 Å². The predicted molar refractivity (Wildman–Crippen MR) is 123 cm³/mol. The lowest BCUT2D eigenvalue weighted by atomic mass is 10.2. The number of amides is 1. The molecule has 3 heterocycles. The van der Waals surface area contributed by atoms with Crippen molar-refractivity contribution in [2.45, 2.75) is 16.4 Å². The highest BCUT2D eigenvalue weighted by atomic mass is 32.2. The third kappa shape index (κ3) is 3.95. The number of anilines is 1. The van der Waals surface area contributed by atoms with E-state index in [0.717, 1.165) is 28.5 Å². The fraction of sp³-hybridized carbons (Fsp3) is 0.273. The molecule has 1 N–H and O–H groups in total. The molecule has 1 amide bonds. The maximum Gasteiger partial charge on any atom is 0.256 e. The van der Waals surface area contributed by atoms with Crippen molar-refractivity contribution in [1.82, 2.24) is 14.1 Å². The number of hydrogen-bond acceptors (Lipinski definition) is 6. The molecule has 8 nitrogen and oxygen atoms in total. The number of hydrogen-bond donors (Lipinski definition) is 1. The van der Waals surface area contributed by atoms with E-state index in [9.17, 15) is 13.2 Å². The summed E-state index contributed by atoms with van der Waals surface area (Å²) in [6, 6.07) is 15.7. The van der Waals surface area contributed by atoms with Crippen LogP contribution in [0.25, 0.3) is 5.69 Å². The summed E-state index contributed by atoms with van der Waals surface area (Å²) in [5.41, 5.74) is 3.25. The summed E-state index contributed by atoms with van der Waals surface area (Å²) < 4.78 is 34.0. The lowest BCUT2D eigenvalue weighted by Crippen LogP contribution is -2.40. The van der Waals surface area contributed by atoms with Gasteiger partial charge in [0.2, 0.25) is 10.0 Å². The Morgan fingerprint density at radius 2 is 1.72 bits per heavy atom. The Morgan fingerprint density at radius 3 is 2.44 bits per heavy atom. The minimum Gasteiger partial charge on any atom is -0.379 e. The third-order valence-corrected chi connectivity index (χ3v) is 8.39. The molecule has 0 unspecified atom stereocenters. The zero-order valence-corrected chi connectivity index (χ0v) is 18.9. The molecule has 0 bridgehead atoms. The van der Waals surface area contributed by atoms with Crippen LogP contribution in [-0.2, 0) is 26.3 Å². The first kappa shape index (κ1) is 21.2. The molecule has 2 aliphatic heterocycles. The molecule has 2 aromatic carbocycles. The van der Waals surface area contributed by atoms with E-state index in [1.54, 1.807) is 28.6 Å². The molecule has 0 spiro atoms. The molecule has 1 saturated heterocycles. The lowest BCUT2D eigenvalue weighted by Gasteiger charge is -2.26. The van der Waals surface area contributed by atoms with E-state index in [4.69, 9.17) is 9.84 Å². The van der Waals surface area contributed by atoms with Crippen LogP contribution in [0.2, 0.25) is 0 Å². The zero-order chi connectivity index (χ0) is 22.1. The van der Waals surface area contributed by atoms with E-state index in [0.29, 0.717) is 37.7 Å². The normalized spacial score (nSPS) is 16.6. The average Bonchev–Trinajstić information content (AvgIpc) is 3.43. The highest BCUT2D eigenvalue weighted by Crippen LogP contribution is 2.36. The zero-order valence-electron chi connectivity index (χ0n) is 17.2. The van der Waals surface area contributed by atoms with E-state index in [2.05, 4.69) is 5.32 Å². The van der Waals surface area contributed by atoms with Crippen LogP contribution in [0.15, 0.2) is 59.5 Å². The fourth-order valence-electron chi connectivity index (χ4n) is 3.79. The number of carbonyl (C=O) groups is 1. The first-order valence-electron chi connectivity index (χ1n) is 10.3. The van der Waals surface area contributed by atoms with Gasteiger partial charge in [0.1, 0.15) is 5.82 Å². The van der Waals surface area contributed by atoms with Gasteiger partial charge in [-0.1, -0.05) is 18.2 Å². The maximum atomic E-state index is 13.0. The number of nitrogens with one attached hydrogen (secondary N) is 1. The number of para-hydroxylation sites is 1. The molecule has 166 valence electrons. The number of carbonyl (C=O) groups excluding carboxylic acids is 1. The largest absolute Gasteiger partial charge is 0.379 e. The van der Waals surface area contributed by atoms with Crippen molar-refractivity contribution in [2.75, 3.05) is 31.6 Å². The summed E-state index contributed by atoms with van der Waals surface area (Å²) in [6.07, 6.45) is 0. The predicted octanol–water partition coefficient (Wildman–Crippen LogP) is 2.89. The van der Waals surface area contributed by atoms with Crippen LogP contribution in [0.3, 0.4) is 0 Å². The molecule has 5 rings (SSSR count). The summed E-state index contributed by atoms with van der Waals surface area (Å²) in [5, 5.41) is 7.69. The van der Waals surface area contributed by atoms with Crippen molar-refractivity contribution in [3.8, 4) is 5.69 Å². The number of sulfonamides is 1. The number of rotatable bonds is 5. The molecule has 1 fully saturated rings. The molecule has 10 heteroatoms. The van der Waals surface area contributed by atoms with Crippen LogP contribution in [0, 0.1) is 0 Å². The van der Waals surface area contributed by atoms with Crippen molar-refractivity contribution in [2.24, 2.45) is 0 Å². The van der Waals surface area contributed by atoms with Crippen molar-refractivity contribution in [3.05, 3.63) is 71.4 Å². The molecule has 1 aromatic heterocycles. The summed E-state index contributed by atoms with van der Waals surface area (Å²) in [5.74, 6) is 1.95. The Labute approximate surface area is 190 Å². The van der Waals surface area contributed by atoms with E-state index in [-0.39, 0.29) is 10.8 Å². The van der Waals surface area contributed by atoms with Crippen molar-refractivity contribution < 1.29 is 17.9 Å². The van der Waals surface area contributed by atoms with Gasteiger partial charge in [0.15, 0.2) is 0 Å². The van der Waals surface area contributed by atoms with Gasteiger partial charge < -0.3 is 10.1 Å². The summed E-state index contributed by atoms with van der Waals surface area (Å²) in [7, 11) is -3.60. The van der Waals surface area contributed by atoms with E-state index in [1.165, 1.54) is 16.4 Å². The van der Waals surface area contributed by atoms with Gasteiger partial charge in [0, 0.05) is 35.7 Å². The standard InChI is InChI=1S/C22H22N4O4S2/c27-22(16-6-8-18(9-7-16)32(28,29)25-10-12-30-13-11-25)23-21-19-14-31-15-20(19)24-26(21)17-4-2-1-3-5-17/h1-9H,10-15H2,(H,23,27). The summed E-state index contributed by atoms with van der Waals surface area (Å²) in [4.78, 5) is 13.2. The first-order chi connectivity index (χ1) is 15.5. The highest BCUT2D eigenvalue weighted by molar-refractivity contribution is 7.98. The Bertz CT molecular complexity index is 1230. The monoisotopic (exact) mass is 470 g/mol. The van der Waals surface area contributed by atoms with Gasteiger partial charge in [-0.15, -0.1) is 0 Å². The fourth-order valence-corrected chi connectivity index (χ4v) is 6.23. The quantitative estimate of drug-likeness (QED) is 0.616. The number of benzene rings is 2. The number of ether oxygens (including phenoxy) is 1.